The van der Waals surface area contributed by atoms with Crippen LogP contribution in [0.2, 0.25) is 0 Å². The van der Waals surface area contributed by atoms with Gasteiger partial charge >= 0.3 is 0 Å². The molecule has 0 saturated carbocycles. The van der Waals surface area contributed by atoms with Crippen molar-refractivity contribution in [1.82, 2.24) is 0 Å². The van der Waals surface area contributed by atoms with Crippen molar-refractivity contribution < 1.29 is 19.4 Å². The van der Waals surface area contributed by atoms with Crippen LogP contribution < -0.4 is 19.4 Å². The lowest BCUT2D eigenvalue weighted by Gasteiger charge is -2.48. The van der Waals surface area contributed by atoms with Crippen molar-refractivity contribution in [3.8, 4) is 5.75 Å². The Morgan fingerprint density at radius 2 is 1.58 bits per heavy atom. The van der Waals surface area contributed by atoms with Crippen molar-refractivity contribution in [2.45, 2.75) is 0 Å². The van der Waals surface area contributed by atoms with E-state index >= 15 is 0 Å². The van der Waals surface area contributed by atoms with E-state index in [1.54, 1.807) is 21.8 Å². The number of hydrogen-bond donors (Lipinski definition) is 3. The quantitative estimate of drug-likeness (QED) is 0.537. The van der Waals surface area contributed by atoms with Gasteiger partial charge in [0.15, 0.2) is 0 Å². The minimum Gasteiger partial charge on any atom is -0.494 e. The number of para-hydroxylation sites is 1. The molecule has 0 unspecified atom stereocenters. The van der Waals surface area contributed by atoms with Gasteiger partial charge in [-0.1, -0.05) is 12.1 Å². The van der Waals surface area contributed by atoms with Gasteiger partial charge in [-0.15, -0.1) is 0 Å². The fourth-order valence-corrected chi connectivity index (χ4v) is 8.38. The van der Waals surface area contributed by atoms with Crippen LogP contribution in [0.5, 0.6) is 5.75 Å². The molecule has 0 spiro atoms. The van der Waals surface area contributed by atoms with Crippen LogP contribution in [0.15, 0.2) is 29.0 Å². The zero-order valence-corrected chi connectivity index (χ0v) is 12.2. The van der Waals surface area contributed by atoms with E-state index in [4.69, 9.17) is 9.48 Å². The fraction of sp³-hybridized carbons (Fsp3) is 0.538. The van der Waals surface area contributed by atoms with Crippen LogP contribution in [-0.4, -0.2) is 46.0 Å². The summed E-state index contributed by atoms with van der Waals surface area (Å²) in [7, 11) is 0.566. The summed E-state index contributed by atoms with van der Waals surface area (Å²) in [6, 6.07) is 8.22. The van der Waals surface area contributed by atoms with Gasteiger partial charge in [-0.3, -0.25) is 0 Å². The standard InChI is InChI=1S/C13H19N4OP/c1-18-13-5-3-2-4-12(13)14-19-9-15-6-16(10-19)8-17(7-15)11-19/h2-5H,6-11H2,1H3/p+3. The minimum absolute atomic E-state index is 0.929. The lowest BCUT2D eigenvalue weighted by molar-refractivity contribution is -1.27. The van der Waals surface area contributed by atoms with Crippen molar-refractivity contribution in [2.75, 3.05) is 46.0 Å². The molecule has 4 fully saturated rings. The summed E-state index contributed by atoms with van der Waals surface area (Å²) in [4.78, 5) is 5.29. The van der Waals surface area contributed by atoms with Crippen LogP contribution in [0.25, 0.3) is 0 Å². The average Bonchev–Trinajstić information content (AvgIpc) is 2.37. The second-order valence-corrected chi connectivity index (χ2v) is 9.46. The number of nitrogens with one attached hydrogen (secondary N) is 3. The molecule has 0 amide bonds. The highest BCUT2D eigenvalue weighted by molar-refractivity contribution is 7.65. The molecular weight excluding hydrogens is 259 g/mol. The molecule has 4 aliphatic rings. The predicted octanol–water partition coefficient (Wildman–Crippen LogP) is -2.03. The first kappa shape index (κ1) is 11.9. The maximum atomic E-state index is 5.46. The maximum absolute atomic E-state index is 5.46. The Labute approximate surface area is 113 Å². The zero-order valence-electron chi connectivity index (χ0n) is 11.4. The number of hydrogen-bond acceptors (Lipinski definition) is 2. The van der Waals surface area contributed by atoms with E-state index in [0.717, 1.165) is 11.4 Å². The number of nitrogens with zero attached hydrogens (tertiary/aromatic N) is 1. The van der Waals surface area contributed by atoms with E-state index in [1.807, 2.05) is 12.1 Å². The van der Waals surface area contributed by atoms with E-state index in [0.29, 0.717) is 0 Å². The highest BCUT2D eigenvalue weighted by atomic mass is 31.2. The number of ether oxygens (including phenoxy) is 1. The number of rotatable bonds is 2. The van der Waals surface area contributed by atoms with E-state index < -0.39 is 7.05 Å². The minimum atomic E-state index is -1.17. The summed E-state index contributed by atoms with van der Waals surface area (Å²) < 4.78 is 10.7. The summed E-state index contributed by atoms with van der Waals surface area (Å²) in [6.45, 7) is 3.94. The second-order valence-electron chi connectivity index (χ2n) is 6.12. The molecule has 5 nitrogen and oxygen atoms in total. The lowest BCUT2D eigenvalue weighted by atomic mass is 10.3. The van der Waals surface area contributed by atoms with E-state index in [1.165, 1.54) is 38.9 Å². The molecule has 0 aromatic heterocycles. The Balaban J connectivity index is 1.76. The van der Waals surface area contributed by atoms with Gasteiger partial charge in [0.25, 0.3) is 0 Å². The van der Waals surface area contributed by atoms with Crippen LogP contribution in [0.1, 0.15) is 0 Å². The van der Waals surface area contributed by atoms with Gasteiger partial charge in [-0.2, -0.15) is 0 Å². The molecule has 1 aromatic carbocycles. The van der Waals surface area contributed by atoms with Crippen molar-refractivity contribution in [3.63, 3.8) is 0 Å². The Morgan fingerprint density at radius 1 is 1.00 bits per heavy atom. The first-order chi connectivity index (χ1) is 9.26. The average molecular weight is 281 g/mol. The van der Waals surface area contributed by atoms with Gasteiger partial charge in [-0.25, -0.2) is 19.4 Å². The smallest absolute Gasteiger partial charge is 0.213 e. The molecule has 3 N–H and O–H groups in total. The summed E-state index contributed by atoms with van der Waals surface area (Å²) >= 11 is 0. The molecule has 102 valence electrons. The fourth-order valence-electron chi connectivity index (χ4n) is 4.05. The highest BCUT2D eigenvalue weighted by Gasteiger charge is 2.52. The van der Waals surface area contributed by atoms with Crippen LogP contribution in [0.3, 0.4) is 0 Å². The van der Waals surface area contributed by atoms with Crippen molar-refractivity contribution in [3.05, 3.63) is 24.3 Å². The summed E-state index contributed by atoms with van der Waals surface area (Å²) in [5, 5.41) is 0. The van der Waals surface area contributed by atoms with Crippen LogP contribution >= 0.6 is 7.05 Å². The maximum Gasteiger partial charge on any atom is 0.213 e. The van der Waals surface area contributed by atoms with Crippen molar-refractivity contribution in [1.29, 1.82) is 0 Å². The Bertz CT molecular complexity index is 517. The molecule has 4 bridgehead atoms. The molecule has 4 heterocycles. The third-order valence-electron chi connectivity index (χ3n) is 4.46. The normalized spacial score (nSPS) is 39.3. The number of quaternary nitrogens is 3. The van der Waals surface area contributed by atoms with Gasteiger partial charge in [0.1, 0.15) is 37.3 Å². The van der Waals surface area contributed by atoms with E-state index in [9.17, 15) is 0 Å². The third kappa shape index (κ3) is 2.01. The predicted molar refractivity (Wildman–Crippen MR) is 74.1 cm³/mol. The zero-order chi connectivity index (χ0) is 12.9. The van der Waals surface area contributed by atoms with Crippen molar-refractivity contribution >= 4 is 12.7 Å². The summed E-state index contributed by atoms with van der Waals surface area (Å²) in [5.74, 6) is 0.929. The molecule has 19 heavy (non-hydrogen) atoms. The second kappa shape index (κ2) is 4.32. The van der Waals surface area contributed by atoms with Gasteiger partial charge in [0.2, 0.25) is 20.0 Å². The van der Waals surface area contributed by atoms with Gasteiger partial charge in [-0.05, 0) is 12.1 Å². The van der Waals surface area contributed by atoms with Gasteiger partial charge in [0, 0.05) is 0 Å². The molecule has 5 rings (SSSR count). The molecule has 4 aliphatic heterocycles. The van der Waals surface area contributed by atoms with Crippen LogP contribution in [0, 0.1) is 0 Å². The SMILES string of the molecule is COc1ccccc1N=P12C[NH+]3C[NH+](C[NH+](C3)C1)C2. The lowest BCUT2D eigenvalue weighted by Crippen LogP contribution is -3.53. The third-order valence-corrected chi connectivity index (χ3v) is 8.21. The summed E-state index contributed by atoms with van der Waals surface area (Å²) in [5.41, 5.74) is 1.07. The molecule has 4 saturated heterocycles. The Morgan fingerprint density at radius 3 is 2.16 bits per heavy atom. The molecule has 1 aromatic rings. The topological polar surface area (TPSA) is 34.9 Å². The van der Waals surface area contributed by atoms with Crippen LogP contribution in [-0.2, 0) is 0 Å². The molecule has 0 aliphatic carbocycles. The monoisotopic (exact) mass is 281 g/mol. The first-order valence-electron chi connectivity index (χ1n) is 6.99. The van der Waals surface area contributed by atoms with Gasteiger partial charge in [0.05, 0.1) is 7.11 Å². The van der Waals surface area contributed by atoms with Gasteiger partial charge < -0.3 is 4.74 Å². The molecular formula is C13H22N4OP+3. The molecule has 0 radical (unpaired) electrons. The Kier molecular flexibility index (Phi) is 2.71. The van der Waals surface area contributed by atoms with E-state index in [-0.39, 0.29) is 0 Å². The van der Waals surface area contributed by atoms with Crippen molar-refractivity contribution in [2.24, 2.45) is 4.74 Å². The summed E-state index contributed by atoms with van der Waals surface area (Å²) in [6.07, 6.45) is 3.91. The largest absolute Gasteiger partial charge is 0.494 e. The number of benzene rings is 1. The highest BCUT2D eigenvalue weighted by Crippen LogP contribution is 2.50. The van der Waals surface area contributed by atoms with E-state index in [2.05, 4.69) is 12.1 Å². The first-order valence-corrected chi connectivity index (χ1v) is 9.29. The number of methoxy groups -OCH3 is 1. The molecule has 6 heteroatoms. The molecule has 0 atom stereocenters. The van der Waals surface area contributed by atoms with Crippen LogP contribution in [0.4, 0.5) is 5.69 Å². The Hall–Kier alpha value is -0.870.